The summed E-state index contributed by atoms with van der Waals surface area (Å²) in [6.07, 6.45) is 0. The number of piperazine rings is 1. The third kappa shape index (κ3) is 3.95. The van der Waals surface area contributed by atoms with Gasteiger partial charge >= 0.3 is 0 Å². The van der Waals surface area contributed by atoms with Crippen LogP contribution in [0.5, 0.6) is 5.75 Å². The summed E-state index contributed by atoms with van der Waals surface area (Å²) < 4.78 is 5.60. The van der Waals surface area contributed by atoms with Gasteiger partial charge in [-0.2, -0.15) is 0 Å². The molecule has 1 aromatic carbocycles. The van der Waals surface area contributed by atoms with Gasteiger partial charge in [-0.25, -0.2) is 0 Å². The number of aryl methyl sites for hydroxylation is 1. The molecule has 0 radical (unpaired) electrons. The summed E-state index contributed by atoms with van der Waals surface area (Å²) in [7, 11) is 0. The molecule has 106 valence electrons. The molecule has 0 amide bonds. The van der Waals surface area contributed by atoms with Crippen molar-refractivity contribution in [3.05, 3.63) is 29.3 Å². The molecule has 3 nitrogen and oxygen atoms in total. The maximum atomic E-state index is 5.60. The molecule has 1 fully saturated rings. The molecule has 3 heteroatoms. The lowest BCUT2D eigenvalue weighted by Gasteiger charge is -2.30. The predicted octanol–water partition coefficient (Wildman–Crippen LogP) is 2.40. The number of nitrogens with one attached hydrogen (secondary N) is 1. The molecule has 2 rings (SSSR count). The zero-order chi connectivity index (χ0) is 13.7. The highest BCUT2D eigenvalue weighted by molar-refractivity contribution is 5.37. The van der Waals surface area contributed by atoms with Crippen molar-refractivity contribution < 1.29 is 4.74 Å². The van der Waals surface area contributed by atoms with E-state index >= 15 is 0 Å². The van der Waals surface area contributed by atoms with Crippen LogP contribution in [0.2, 0.25) is 0 Å². The lowest BCUT2D eigenvalue weighted by molar-refractivity contribution is 0.230. The Morgan fingerprint density at radius 3 is 2.68 bits per heavy atom. The average molecular weight is 262 g/mol. The van der Waals surface area contributed by atoms with Crippen molar-refractivity contribution in [1.82, 2.24) is 10.2 Å². The Bertz CT molecular complexity index is 400. The summed E-state index contributed by atoms with van der Waals surface area (Å²) in [6.45, 7) is 12.9. The minimum atomic E-state index is 0.576. The van der Waals surface area contributed by atoms with Crippen LogP contribution in [0.4, 0.5) is 0 Å². The van der Waals surface area contributed by atoms with E-state index in [1.807, 2.05) is 6.92 Å². The number of rotatable bonds is 5. The zero-order valence-corrected chi connectivity index (χ0v) is 12.4. The number of benzene rings is 1. The zero-order valence-electron chi connectivity index (χ0n) is 12.4. The van der Waals surface area contributed by atoms with Crippen LogP contribution in [0.1, 0.15) is 30.9 Å². The first kappa shape index (κ1) is 14.4. The van der Waals surface area contributed by atoms with Crippen molar-refractivity contribution in [2.24, 2.45) is 0 Å². The first-order valence-corrected chi connectivity index (χ1v) is 7.37. The van der Waals surface area contributed by atoms with Crippen LogP contribution in [0.15, 0.2) is 18.2 Å². The van der Waals surface area contributed by atoms with Crippen LogP contribution < -0.4 is 10.1 Å². The van der Waals surface area contributed by atoms with Gasteiger partial charge in [0.2, 0.25) is 0 Å². The molecule has 1 N–H and O–H groups in total. The molecule has 1 aliphatic rings. The summed E-state index contributed by atoms with van der Waals surface area (Å²) in [5.41, 5.74) is 2.66. The van der Waals surface area contributed by atoms with Crippen LogP contribution in [-0.4, -0.2) is 44.2 Å². The number of nitrogens with zero attached hydrogens (tertiary/aromatic N) is 1. The van der Waals surface area contributed by atoms with Gasteiger partial charge in [-0.3, -0.25) is 0 Å². The van der Waals surface area contributed by atoms with E-state index in [-0.39, 0.29) is 0 Å². The molecule has 0 aliphatic carbocycles. The molecule has 1 aliphatic heterocycles. The lowest BCUT2D eigenvalue weighted by atomic mass is 9.98. The largest absolute Gasteiger partial charge is 0.494 e. The fourth-order valence-corrected chi connectivity index (χ4v) is 2.68. The molecule has 1 aromatic rings. The number of ether oxygens (including phenoxy) is 1. The summed E-state index contributed by atoms with van der Waals surface area (Å²) in [5.74, 6) is 1.59. The Balaban J connectivity index is 1.98. The molecular weight excluding hydrogens is 236 g/mol. The van der Waals surface area contributed by atoms with Gasteiger partial charge in [0.25, 0.3) is 0 Å². The second kappa shape index (κ2) is 6.92. The fraction of sp³-hybridized carbons (Fsp3) is 0.625. The van der Waals surface area contributed by atoms with Gasteiger partial charge in [-0.05, 0) is 37.0 Å². The maximum absolute atomic E-state index is 5.60. The molecule has 1 saturated heterocycles. The van der Waals surface area contributed by atoms with E-state index in [0.29, 0.717) is 5.92 Å². The highest BCUT2D eigenvalue weighted by Gasteiger charge is 2.15. The predicted molar refractivity (Wildman–Crippen MR) is 80.1 cm³/mol. The Kier molecular flexibility index (Phi) is 5.23. The van der Waals surface area contributed by atoms with E-state index in [1.54, 1.807) is 0 Å². The van der Waals surface area contributed by atoms with E-state index < -0.39 is 0 Å². The summed E-state index contributed by atoms with van der Waals surface area (Å²) in [6, 6.07) is 6.60. The van der Waals surface area contributed by atoms with Crippen molar-refractivity contribution in [3.8, 4) is 5.75 Å². The van der Waals surface area contributed by atoms with E-state index in [4.69, 9.17) is 4.74 Å². The second-order valence-electron chi connectivity index (χ2n) is 5.41. The number of hydrogen-bond donors (Lipinski definition) is 1. The molecule has 19 heavy (non-hydrogen) atoms. The normalized spacial score (nSPS) is 18.3. The van der Waals surface area contributed by atoms with Crippen molar-refractivity contribution in [2.75, 3.05) is 39.3 Å². The molecule has 0 spiro atoms. The first-order valence-electron chi connectivity index (χ1n) is 7.37. The lowest BCUT2D eigenvalue weighted by Crippen LogP contribution is -2.44. The second-order valence-corrected chi connectivity index (χ2v) is 5.41. The van der Waals surface area contributed by atoms with E-state index in [2.05, 4.69) is 42.3 Å². The van der Waals surface area contributed by atoms with Crippen molar-refractivity contribution in [1.29, 1.82) is 0 Å². The molecule has 0 saturated carbocycles. The minimum Gasteiger partial charge on any atom is -0.494 e. The first-order chi connectivity index (χ1) is 9.20. The third-order valence-electron chi connectivity index (χ3n) is 3.81. The molecule has 0 bridgehead atoms. The van der Waals surface area contributed by atoms with Gasteiger partial charge in [0.1, 0.15) is 5.75 Å². The fourth-order valence-electron chi connectivity index (χ4n) is 2.68. The van der Waals surface area contributed by atoms with Crippen LogP contribution in [-0.2, 0) is 0 Å². The molecule has 1 heterocycles. The van der Waals surface area contributed by atoms with Gasteiger partial charge in [-0.15, -0.1) is 0 Å². The molecular formula is C16H26N2O. The van der Waals surface area contributed by atoms with E-state index in [0.717, 1.165) is 32.0 Å². The average Bonchev–Trinajstić information content (AvgIpc) is 2.42. The summed E-state index contributed by atoms with van der Waals surface area (Å²) in [5, 5.41) is 3.40. The van der Waals surface area contributed by atoms with E-state index in [9.17, 15) is 0 Å². The van der Waals surface area contributed by atoms with Gasteiger partial charge in [0.05, 0.1) is 6.61 Å². The third-order valence-corrected chi connectivity index (χ3v) is 3.81. The maximum Gasteiger partial charge on any atom is 0.122 e. The monoisotopic (exact) mass is 262 g/mol. The summed E-state index contributed by atoms with van der Waals surface area (Å²) >= 11 is 0. The smallest absolute Gasteiger partial charge is 0.122 e. The van der Waals surface area contributed by atoms with Crippen LogP contribution >= 0.6 is 0 Å². The molecule has 1 unspecified atom stereocenters. The Labute approximate surface area is 116 Å². The standard InChI is InChI=1S/C16H26N2O/c1-4-19-16-6-5-15(11-13(16)2)14(3)12-18-9-7-17-8-10-18/h5-6,11,14,17H,4,7-10,12H2,1-3H3. The van der Waals surface area contributed by atoms with Crippen LogP contribution in [0.3, 0.4) is 0 Å². The summed E-state index contributed by atoms with van der Waals surface area (Å²) in [4.78, 5) is 2.55. The minimum absolute atomic E-state index is 0.576. The van der Waals surface area contributed by atoms with Crippen LogP contribution in [0.25, 0.3) is 0 Å². The Hall–Kier alpha value is -1.06. The number of hydrogen-bond acceptors (Lipinski definition) is 3. The van der Waals surface area contributed by atoms with Gasteiger partial charge in [0, 0.05) is 32.7 Å². The highest BCUT2D eigenvalue weighted by Crippen LogP contribution is 2.24. The van der Waals surface area contributed by atoms with Gasteiger partial charge in [-0.1, -0.05) is 19.1 Å². The van der Waals surface area contributed by atoms with Gasteiger partial charge < -0.3 is 15.0 Å². The quantitative estimate of drug-likeness (QED) is 0.882. The van der Waals surface area contributed by atoms with Crippen molar-refractivity contribution in [2.45, 2.75) is 26.7 Å². The van der Waals surface area contributed by atoms with Crippen LogP contribution in [0, 0.1) is 6.92 Å². The van der Waals surface area contributed by atoms with Crippen molar-refractivity contribution >= 4 is 0 Å². The highest BCUT2D eigenvalue weighted by atomic mass is 16.5. The molecule has 0 aromatic heterocycles. The topological polar surface area (TPSA) is 24.5 Å². The van der Waals surface area contributed by atoms with E-state index in [1.165, 1.54) is 24.2 Å². The Morgan fingerprint density at radius 1 is 1.32 bits per heavy atom. The SMILES string of the molecule is CCOc1ccc(C(C)CN2CCNCC2)cc1C. The molecule has 1 atom stereocenters. The Morgan fingerprint density at radius 2 is 2.05 bits per heavy atom. The van der Waals surface area contributed by atoms with Crippen molar-refractivity contribution in [3.63, 3.8) is 0 Å². The van der Waals surface area contributed by atoms with Gasteiger partial charge in [0.15, 0.2) is 0 Å².